The van der Waals surface area contributed by atoms with Gasteiger partial charge in [0.05, 0.1) is 24.6 Å². The zero-order chi connectivity index (χ0) is 19.2. The van der Waals surface area contributed by atoms with Gasteiger partial charge in [0.1, 0.15) is 17.8 Å². The lowest BCUT2D eigenvalue weighted by atomic mass is 10.2. The van der Waals surface area contributed by atoms with E-state index in [1.165, 1.54) is 6.33 Å². The summed E-state index contributed by atoms with van der Waals surface area (Å²) in [5.74, 6) is 0.284. The monoisotopic (exact) mass is 375 g/mol. The molecule has 3 aromatic rings. The number of nitrogens with zero attached hydrogens (tertiary/aromatic N) is 3. The standard InChI is InChI=1S/C21H21N5O2/c27-21(24-16-6-2-1-3-7-16)18-14-20(23-15-22-18)25-17-8-4-5-9-19(17)26-10-12-28-13-11-26/h1-9,14-15H,10-13H2,(H,24,27)(H,22,23,25). The number of aromatic nitrogens is 2. The topological polar surface area (TPSA) is 79.4 Å². The zero-order valence-electron chi connectivity index (χ0n) is 15.3. The molecule has 28 heavy (non-hydrogen) atoms. The highest BCUT2D eigenvalue weighted by Crippen LogP contribution is 2.28. The van der Waals surface area contributed by atoms with Crippen LogP contribution in [0.5, 0.6) is 0 Å². The van der Waals surface area contributed by atoms with Crippen LogP contribution in [0, 0.1) is 0 Å². The number of anilines is 4. The molecule has 4 rings (SSSR count). The first-order valence-electron chi connectivity index (χ1n) is 9.17. The van der Waals surface area contributed by atoms with Crippen molar-refractivity contribution in [2.24, 2.45) is 0 Å². The molecule has 1 saturated heterocycles. The Hall–Kier alpha value is -3.45. The Morgan fingerprint density at radius 2 is 1.71 bits per heavy atom. The Kier molecular flexibility index (Phi) is 5.44. The van der Waals surface area contributed by atoms with Gasteiger partial charge in [0, 0.05) is 24.8 Å². The molecule has 2 N–H and O–H groups in total. The maximum atomic E-state index is 12.5. The zero-order valence-corrected chi connectivity index (χ0v) is 15.3. The number of benzene rings is 2. The van der Waals surface area contributed by atoms with E-state index in [-0.39, 0.29) is 5.91 Å². The van der Waals surface area contributed by atoms with Crippen molar-refractivity contribution in [1.82, 2.24) is 9.97 Å². The van der Waals surface area contributed by atoms with Crippen LogP contribution in [0.4, 0.5) is 22.9 Å². The van der Waals surface area contributed by atoms with Crippen LogP contribution in [0.15, 0.2) is 67.0 Å². The molecule has 1 amide bonds. The fraction of sp³-hybridized carbons (Fsp3) is 0.190. The van der Waals surface area contributed by atoms with Gasteiger partial charge in [-0.1, -0.05) is 30.3 Å². The first kappa shape index (κ1) is 17.9. The third-order valence-corrected chi connectivity index (χ3v) is 4.45. The number of morpholine rings is 1. The van der Waals surface area contributed by atoms with E-state index in [4.69, 9.17) is 4.74 Å². The summed E-state index contributed by atoms with van der Waals surface area (Å²) >= 11 is 0. The smallest absolute Gasteiger partial charge is 0.274 e. The van der Waals surface area contributed by atoms with Crippen LogP contribution >= 0.6 is 0 Å². The first-order valence-corrected chi connectivity index (χ1v) is 9.17. The van der Waals surface area contributed by atoms with Gasteiger partial charge in [-0.3, -0.25) is 4.79 Å². The van der Waals surface area contributed by atoms with Gasteiger partial charge in [0.2, 0.25) is 0 Å². The molecule has 7 nitrogen and oxygen atoms in total. The highest BCUT2D eigenvalue weighted by atomic mass is 16.5. The second-order valence-electron chi connectivity index (χ2n) is 6.35. The quantitative estimate of drug-likeness (QED) is 0.712. The summed E-state index contributed by atoms with van der Waals surface area (Å²) < 4.78 is 5.44. The number of hydrogen-bond acceptors (Lipinski definition) is 6. The Morgan fingerprint density at radius 3 is 2.54 bits per heavy atom. The molecule has 2 aromatic carbocycles. The number of amides is 1. The predicted octanol–water partition coefficient (Wildman–Crippen LogP) is 3.31. The number of carbonyl (C=O) groups is 1. The minimum absolute atomic E-state index is 0.280. The second kappa shape index (κ2) is 8.49. The van der Waals surface area contributed by atoms with Crippen LogP contribution in [0.25, 0.3) is 0 Å². The second-order valence-corrected chi connectivity index (χ2v) is 6.35. The molecule has 0 unspecified atom stereocenters. The largest absolute Gasteiger partial charge is 0.378 e. The Morgan fingerprint density at radius 1 is 0.964 bits per heavy atom. The lowest BCUT2D eigenvalue weighted by Crippen LogP contribution is -2.36. The van der Waals surface area contributed by atoms with Crippen molar-refractivity contribution in [3.63, 3.8) is 0 Å². The highest BCUT2D eigenvalue weighted by molar-refractivity contribution is 6.03. The summed E-state index contributed by atoms with van der Waals surface area (Å²) in [5, 5.41) is 6.15. The Balaban J connectivity index is 1.52. The third kappa shape index (κ3) is 4.27. The van der Waals surface area contributed by atoms with E-state index in [1.807, 2.05) is 48.5 Å². The molecular formula is C21H21N5O2. The average Bonchev–Trinajstić information content (AvgIpc) is 2.76. The molecule has 1 aromatic heterocycles. The number of nitrogens with one attached hydrogen (secondary N) is 2. The van der Waals surface area contributed by atoms with Crippen LogP contribution in [-0.2, 0) is 4.74 Å². The summed E-state index contributed by atoms with van der Waals surface area (Å²) in [4.78, 5) is 23.1. The summed E-state index contributed by atoms with van der Waals surface area (Å²) in [6, 6.07) is 19.0. The molecule has 1 aliphatic heterocycles. The van der Waals surface area contributed by atoms with E-state index >= 15 is 0 Å². The Bertz CT molecular complexity index is 942. The van der Waals surface area contributed by atoms with Crippen LogP contribution in [0.3, 0.4) is 0 Å². The van der Waals surface area contributed by atoms with Gasteiger partial charge in [0.25, 0.3) is 5.91 Å². The number of rotatable bonds is 5. The van der Waals surface area contributed by atoms with Crippen LogP contribution in [-0.4, -0.2) is 42.2 Å². The molecule has 0 saturated carbocycles. The van der Waals surface area contributed by atoms with Crippen molar-refractivity contribution in [3.8, 4) is 0 Å². The SMILES string of the molecule is O=C(Nc1ccccc1)c1cc(Nc2ccccc2N2CCOCC2)ncn1. The molecular weight excluding hydrogens is 354 g/mol. The summed E-state index contributed by atoms with van der Waals surface area (Å²) in [5.41, 5.74) is 3.03. The summed E-state index contributed by atoms with van der Waals surface area (Å²) in [6.45, 7) is 3.11. The van der Waals surface area contributed by atoms with Crippen molar-refractivity contribution in [2.45, 2.75) is 0 Å². The van der Waals surface area contributed by atoms with Crippen LogP contribution in [0.2, 0.25) is 0 Å². The molecule has 0 bridgehead atoms. The van der Waals surface area contributed by atoms with Gasteiger partial charge in [-0.25, -0.2) is 9.97 Å². The maximum absolute atomic E-state index is 12.5. The molecule has 2 heterocycles. The molecule has 0 atom stereocenters. The molecule has 0 radical (unpaired) electrons. The van der Waals surface area contributed by atoms with E-state index in [2.05, 4.69) is 31.6 Å². The Labute approximate surface area is 163 Å². The lowest BCUT2D eigenvalue weighted by Gasteiger charge is -2.30. The van der Waals surface area contributed by atoms with E-state index in [9.17, 15) is 4.79 Å². The summed E-state index contributed by atoms with van der Waals surface area (Å²) in [7, 11) is 0. The van der Waals surface area contributed by atoms with Crippen molar-refractivity contribution in [2.75, 3.05) is 41.8 Å². The molecule has 0 spiro atoms. The van der Waals surface area contributed by atoms with Crippen LogP contribution < -0.4 is 15.5 Å². The predicted molar refractivity (Wildman–Crippen MR) is 109 cm³/mol. The van der Waals surface area contributed by atoms with Crippen molar-refractivity contribution in [1.29, 1.82) is 0 Å². The fourth-order valence-electron chi connectivity index (χ4n) is 3.06. The van der Waals surface area contributed by atoms with Gasteiger partial charge in [-0.2, -0.15) is 0 Å². The van der Waals surface area contributed by atoms with Crippen molar-refractivity contribution < 1.29 is 9.53 Å². The minimum Gasteiger partial charge on any atom is -0.378 e. The van der Waals surface area contributed by atoms with Gasteiger partial charge < -0.3 is 20.3 Å². The first-order chi connectivity index (χ1) is 13.8. The number of para-hydroxylation sites is 3. The molecule has 1 fully saturated rings. The van der Waals surface area contributed by atoms with E-state index in [0.29, 0.717) is 24.7 Å². The number of carbonyl (C=O) groups excluding carboxylic acids is 1. The highest BCUT2D eigenvalue weighted by Gasteiger charge is 2.15. The molecule has 0 aliphatic carbocycles. The van der Waals surface area contributed by atoms with Crippen molar-refractivity contribution >= 4 is 28.8 Å². The van der Waals surface area contributed by atoms with E-state index in [1.54, 1.807) is 6.07 Å². The van der Waals surface area contributed by atoms with Gasteiger partial charge in [-0.15, -0.1) is 0 Å². The fourth-order valence-corrected chi connectivity index (χ4v) is 3.06. The minimum atomic E-state index is -0.280. The molecule has 7 heteroatoms. The van der Waals surface area contributed by atoms with Crippen molar-refractivity contribution in [3.05, 3.63) is 72.7 Å². The van der Waals surface area contributed by atoms with Gasteiger partial charge in [-0.05, 0) is 24.3 Å². The lowest BCUT2D eigenvalue weighted by molar-refractivity contribution is 0.102. The third-order valence-electron chi connectivity index (χ3n) is 4.45. The van der Waals surface area contributed by atoms with E-state index < -0.39 is 0 Å². The molecule has 142 valence electrons. The van der Waals surface area contributed by atoms with Gasteiger partial charge in [0.15, 0.2) is 0 Å². The normalized spacial score (nSPS) is 13.8. The number of hydrogen-bond donors (Lipinski definition) is 2. The van der Waals surface area contributed by atoms with Crippen LogP contribution in [0.1, 0.15) is 10.5 Å². The summed E-state index contributed by atoms with van der Waals surface area (Å²) in [6.07, 6.45) is 1.39. The average molecular weight is 375 g/mol. The molecule has 1 aliphatic rings. The van der Waals surface area contributed by atoms with E-state index in [0.717, 1.165) is 30.2 Å². The maximum Gasteiger partial charge on any atom is 0.274 e. The van der Waals surface area contributed by atoms with Gasteiger partial charge >= 0.3 is 0 Å². The number of ether oxygens (including phenoxy) is 1.